The van der Waals surface area contributed by atoms with Gasteiger partial charge in [0.2, 0.25) is 0 Å². The van der Waals surface area contributed by atoms with Crippen molar-refractivity contribution >= 4 is 22.6 Å². The van der Waals surface area contributed by atoms with E-state index in [1.54, 1.807) is 12.1 Å². The fourth-order valence-corrected chi connectivity index (χ4v) is 1.90. The first-order valence-corrected chi connectivity index (χ1v) is 6.01. The summed E-state index contributed by atoms with van der Waals surface area (Å²) < 4.78 is 0. The predicted molar refractivity (Wildman–Crippen MR) is 75.2 cm³/mol. The Morgan fingerprint density at radius 1 is 1.47 bits per heavy atom. The fraction of sp³-hybridized carbons (Fsp3) is 0.200. The lowest BCUT2D eigenvalue weighted by molar-refractivity contribution is 0.0698. The number of nitrogens with zero attached hydrogens (tertiary/aromatic N) is 1. The second-order valence-electron chi connectivity index (χ2n) is 4.14. The van der Waals surface area contributed by atoms with Gasteiger partial charge in [-0.05, 0) is 6.42 Å². The van der Waals surface area contributed by atoms with Crippen molar-refractivity contribution in [1.82, 2.24) is 4.98 Å². The number of terminal acetylenes is 1. The Bertz CT molecular complexity index is 659. The van der Waals surface area contributed by atoms with Crippen molar-refractivity contribution in [1.29, 1.82) is 0 Å². The lowest BCUT2D eigenvalue weighted by atomic mass is 10.1. The summed E-state index contributed by atoms with van der Waals surface area (Å²) in [6.07, 6.45) is 7.55. The van der Waals surface area contributed by atoms with E-state index in [0.29, 0.717) is 11.2 Å². The molecule has 0 fully saturated rings. The minimum atomic E-state index is -0.987. The Labute approximate surface area is 111 Å². The monoisotopic (exact) mass is 254 g/mol. The molecule has 0 aliphatic carbocycles. The van der Waals surface area contributed by atoms with Gasteiger partial charge in [0.15, 0.2) is 0 Å². The summed E-state index contributed by atoms with van der Waals surface area (Å²) in [5, 5.41) is 13.7. The molecule has 4 nitrogen and oxygen atoms in total. The van der Waals surface area contributed by atoms with Crippen LogP contribution in [0, 0.1) is 12.3 Å². The molecule has 0 aliphatic heterocycles. The molecule has 96 valence electrons. The third-order valence-electron chi connectivity index (χ3n) is 2.95. The van der Waals surface area contributed by atoms with E-state index in [1.165, 1.54) is 6.20 Å². The number of benzene rings is 1. The average molecular weight is 254 g/mol. The molecule has 1 aromatic carbocycles. The van der Waals surface area contributed by atoms with Gasteiger partial charge in [0.25, 0.3) is 0 Å². The second-order valence-corrected chi connectivity index (χ2v) is 4.14. The molecule has 0 saturated carbocycles. The van der Waals surface area contributed by atoms with E-state index in [-0.39, 0.29) is 11.6 Å². The SMILES string of the molecule is C#CC(CC)Nc1ncc(C(=O)O)c2ccccc12. The van der Waals surface area contributed by atoms with E-state index in [9.17, 15) is 4.79 Å². The van der Waals surface area contributed by atoms with Gasteiger partial charge in [-0.25, -0.2) is 9.78 Å². The summed E-state index contributed by atoms with van der Waals surface area (Å²) in [7, 11) is 0. The number of fused-ring (bicyclic) bond motifs is 1. The third-order valence-corrected chi connectivity index (χ3v) is 2.95. The molecule has 1 unspecified atom stereocenters. The number of pyridine rings is 1. The van der Waals surface area contributed by atoms with E-state index in [4.69, 9.17) is 11.5 Å². The zero-order chi connectivity index (χ0) is 13.8. The van der Waals surface area contributed by atoms with E-state index < -0.39 is 5.97 Å². The molecule has 2 rings (SSSR count). The number of carboxylic acid groups (broad SMARTS) is 1. The van der Waals surface area contributed by atoms with Crippen LogP contribution in [0.15, 0.2) is 30.5 Å². The molecule has 0 saturated heterocycles. The van der Waals surface area contributed by atoms with Crippen LogP contribution in [-0.4, -0.2) is 22.1 Å². The maximum absolute atomic E-state index is 11.2. The highest BCUT2D eigenvalue weighted by atomic mass is 16.4. The summed E-state index contributed by atoms with van der Waals surface area (Å²) in [4.78, 5) is 15.3. The summed E-state index contributed by atoms with van der Waals surface area (Å²) >= 11 is 0. The zero-order valence-corrected chi connectivity index (χ0v) is 10.6. The van der Waals surface area contributed by atoms with Crippen molar-refractivity contribution in [3.05, 3.63) is 36.0 Å². The molecular weight excluding hydrogens is 240 g/mol. The van der Waals surface area contributed by atoms with Gasteiger partial charge < -0.3 is 10.4 Å². The molecule has 0 radical (unpaired) electrons. The van der Waals surface area contributed by atoms with E-state index >= 15 is 0 Å². The van der Waals surface area contributed by atoms with Crippen molar-refractivity contribution < 1.29 is 9.90 Å². The van der Waals surface area contributed by atoms with E-state index in [0.717, 1.165) is 11.8 Å². The van der Waals surface area contributed by atoms with Gasteiger partial charge in [-0.2, -0.15) is 0 Å². The first-order valence-electron chi connectivity index (χ1n) is 6.01. The first kappa shape index (κ1) is 12.9. The Balaban J connectivity index is 2.56. The summed E-state index contributed by atoms with van der Waals surface area (Å²) in [6, 6.07) is 7.13. The van der Waals surface area contributed by atoms with E-state index in [2.05, 4.69) is 16.2 Å². The van der Waals surface area contributed by atoms with Gasteiger partial charge in [0.1, 0.15) is 5.82 Å². The number of anilines is 1. The zero-order valence-electron chi connectivity index (χ0n) is 10.6. The lowest BCUT2D eigenvalue weighted by Gasteiger charge is -2.14. The molecule has 0 spiro atoms. The highest BCUT2D eigenvalue weighted by molar-refractivity contribution is 6.06. The number of nitrogens with one attached hydrogen (secondary N) is 1. The summed E-state index contributed by atoms with van der Waals surface area (Å²) in [5.41, 5.74) is 0.190. The van der Waals surface area contributed by atoms with Crippen LogP contribution in [0.4, 0.5) is 5.82 Å². The topological polar surface area (TPSA) is 62.2 Å². The molecule has 4 heteroatoms. The number of aromatic nitrogens is 1. The molecule has 1 atom stereocenters. The molecule has 0 aliphatic rings. The number of carbonyl (C=O) groups is 1. The predicted octanol–water partition coefficient (Wildman–Crippen LogP) is 2.76. The Hall–Kier alpha value is -2.54. The van der Waals surface area contributed by atoms with Gasteiger partial charge in [-0.3, -0.25) is 0 Å². The molecule has 0 amide bonds. The number of rotatable bonds is 4. The average Bonchev–Trinajstić information content (AvgIpc) is 2.44. The minimum Gasteiger partial charge on any atom is -0.478 e. The number of carboxylic acids is 1. The van der Waals surface area contributed by atoms with Crippen LogP contribution in [-0.2, 0) is 0 Å². The molecular formula is C15H14N2O2. The van der Waals surface area contributed by atoms with Crippen LogP contribution in [0.2, 0.25) is 0 Å². The van der Waals surface area contributed by atoms with Crippen molar-refractivity contribution in [2.75, 3.05) is 5.32 Å². The van der Waals surface area contributed by atoms with Crippen LogP contribution < -0.4 is 5.32 Å². The molecule has 1 heterocycles. The molecule has 1 aromatic heterocycles. The van der Waals surface area contributed by atoms with Gasteiger partial charge in [-0.15, -0.1) is 6.42 Å². The molecule has 0 bridgehead atoms. The Morgan fingerprint density at radius 2 is 2.16 bits per heavy atom. The van der Waals surface area contributed by atoms with Crippen LogP contribution in [0.3, 0.4) is 0 Å². The summed E-state index contributed by atoms with van der Waals surface area (Å²) in [5.74, 6) is 2.26. The summed E-state index contributed by atoms with van der Waals surface area (Å²) in [6.45, 7) is 1.98. The van der Waals surface area contributed by atoms with Crippen molar-refractivity contribution in [3.8, 4) is 12.3 Å². The quantitative estimate of drug-likeness (QED) is 0.823. The van der Waals surface area contributed by atoms with Crippen LogP contribution in [0.25, 0.3) is 10.8 Å². The third kappa shape index (κ3) is 2.50. The number of hydrogen-bond acceptors (Lipinski definition) is 3. The number of hydrogen-bond donors (Lipinski definition) is 2. The molecule has 19 heavy (non-hydrogen) atoms. The van der Waals surface area contributed by atoms with Gasteiger partial charge in [-0.1, -0.05) is 37.1 Å². The smallest absolute Gasteiger partial charge is 0.337 e. The highest BCUT2D eigenvalue weighted by Crippen LogP contribution is 2.25. The lowest BCUT2D eigenvalue weighted by Crippen LogP contribution is -2.17. The van der Waals surface area contributed by atoms with Gasteiger partial charge >= 0.3 is 5.97 Å². The van der Waals surface area contributed by atoms with Gasteiger partial charge in [0.05, 0.1) is 11.6 Å². The Kier molecular flexibility index (Phi) is 3.67. The maximum Gasteiger partial charge on any atom is 0.337 e. The normalized spacial score (nSPS) is 11.8. The number of aromatic carboxylic acids is 1. The highest BCUT2D eigenvalue weighted by Gasteiger charge is 2.13. The molecule has 2 aromatic rings. The van der Waals surface area contributed by atoms with Crippen LogP contribution in [0.1, 0.15) is 23.7 Å². The van der Waals surface area contributed by atoms with E-state index in [1.807, 2.05) is 19.1 Å². The second kappa shape index (κ2) is 5.40. The molecule has 2 N–H and O–H groups in total. The fourth-order valence-electron chi connectivity index (χ4n) is 1.90. The van der Waals surface area contributed by atoms with Crippen molar-refractivity contribution in [3.63, 3.8) is 0 Å². The van der Waals surface area contributed by atoms with Gasteiger partial charge in [0, 0.05) is 17.0 Å². The Morgan fingerprint density at radius 3 is 2.74 bits per heavy atom. The van der Waals surface area contributed by atoms with Crippen molar-refractivity contribution in [2.45, 2.75) is 19.4 Å². The largest absolute Gasteiger partial charge is 0.478 e. The minimum absolute atomic E-state index is 0.119. The van der Waals surface area contributed by atoms with Crippen LogP contribution >= 0.6 is 0 Å². The van der Waals surface area contributed by atoms with Crippen molar-refractivity contribution in [2.24, 2.45) is 0 Å². The standard InChI is InChI=1S/C15H14N2O2/c1-3-10(4-2)17-14-12-8-6-5-7-11(12)13(9-16-14)15(18)19/h1,5-10H,4H2,2H3,(H,16,17)(H,18,19). The maximum atomic E-state index is 11.2. The first-order chi connectivity index (χ1) is 9.17. The van der Waals surface area contributed by atoms with Crippen LogP contribution in [0.5, 0.6) is 0 Å².